The molecule has 0 spiro atoms. The molecule has 2 aliphatic rings. The Bertz CT molecular complexity index is 868. The number of benzene rings is 1. The van der Waals surface area contributed by atoms with Gasteiger partial charge in [0.25, 0.3) is 0 Å². The number of hydrogen-bond acceptors (Lipinski definition) is 6. The van der Waals surface area contributed by atoms with Crippen molar-refractivity contribution >= 4 is 0 Å². The average Bonchev–Trinajstić information content (AvgIpc) is 3.38. The number of rotatable bonds is 6. The van der Waals surface area contributed by atoms with E-state index >= 15 is 0 Å². The molecule has 26 heavy (non-hydrogen) atoms. The maximum absolute atomic E-state index is 6.04. The fraction of sp³-hybridized carbons (Fsp3) is 0.350. The summed E-state index contributed by atoms with van der Waals surface area (Å²) in [6.07, 6.45) is 6.24. The van der Waals surface area contributed by atoms with Gasteiger partial charge in [0, 0.05) is 43.5 Å². The van der Waals surface area contributed by atoms with Crippen molar-refractivity contribution < 1.29 is 9.26 Å². The molecule has 0 radical (unpaired) electrons. The van der Waals surface area contributed by atoms with E-state index in [0.717, 1.165) is 49.7 Å². The Morgan fingerprint density at radius 3 is 2.54 bits per heavy atom. The monoisotopic (exact) mass is 348 g/mol. The molecule has 3 heterocycles. The first-order chi connectivity index (χ1) is 12.8. The van der Waals surface area contributed by atoms with Gasteiger partial charge in [0.2, 0.25) is 11.7 Å². The summed E-state index contributed by atoms with van der Waals surface area (Å²) in [6.45, 7) is 2.84. The Kier molecular flexibility index (Phi) is 3.90. The predicted molar refractivity (Wildman–Crippen MR) is 95.6 cm³/mol. The van der Waals surface area contributed by atoms with Crippen molar-refractivity contribution in [1.82, 2.24) is 20.0 Å². The first-order valence-corrected chi connectivity index (χ1v) is 9.05. The van der Waals surface area contributed by atoms with Crippen molar-refractivity contribution in [3.8, 4) is 17.1 Å². The number of aromatic nitrogens is 3. The molecule has 0 atom stereocenters. The molecule has 6 heteroatoms. The molecule has 6 nitrogen and oxygen atoms in total. The summed E-state index contributed by atoms with van der Waals surface area (Å²) in [4.78, 5) is 10.9. The molecule has 0 unspecified atom stereocenters. The highest BCUT2D eigenvalue weighted by molar-refractivity contribution is 5.55. The van der Waals surface area contributed by atoms with Gasteiger partial charge >= 0.3 is 0 Å². The van der Waals surface area contributed by atoms with E-state index < -0.39 is 0 Å². The Balaban J connectivity index is 1.14. The van der Waals surface area contributed by atoms with Gasteiger partial charge in [-0.3, -0.25) is 9.88 Å². The summed E-state index contributed by atoms with van der Waals surface area (Å²) in [5.41, 5.74) is 2.24. The van der Waals surface area contributed by atoms with Crippen LogP contribution in [0.4, 0.5) is 0 Å². The van der Waals surface area contributed by atoms with E-state index in [4.69, 9.17) is 9.26 Å². The van der Waals surface area contributed by atoms with Gasteiger partial charge in [-0.05, 0) is 54.8 Å². The van der Waals surface area contributed by atoms with E-state index in [1.54, 1.807) is 0 Å². The van der Waals surface area contributed by atoms with Crippen LogP contribution in [0.2, 0.25) is 0 Å². The zero-order valence-corrected chi connectivity index (χ0v) is 14.4. The van der Waals surface area contributed by atoms with Gasteiger partial charge in [-0.25, -0.2) is 0 Å². The van der Waals surface area contributed by atoms with Crippen LogP contribution in [0.3, 0.4) is 0 Å². The van der Waals surface area contributed by atoms with Crippen LogP contribution < -0.4 is 4.74 Å². The third kappa shape index (κ3) is 3.32. The van der Waals surface area contributed by atoms with Crippen molar-refractivity contribution in [3.63, 3.8) is 0 Å². The topological polar surface area (TPSA) is 64.3 Å². The molecular weight excluding hydrogens is 328 g/mol. The summed E-state index contributed by atoms with van der Waals surface area (Å²) in [7, 11) is 0. The lowest BCUT2D eigenvalue weighted by Crippen LogP contribution is -2.53. The molecule has 1 aliphatic heterocycles. The predicted octanol–water partition coefficient (Wildman–Crippen LogP) is 3.27. The van der Waals surface area contributed by atoms with E-state index in [9.17, 15) is 0 Å². The van der Waals surface area contributed by atoms with E-state index in [1.165, 1.54) is 5.56 Å². The van der Waals surface area contributed by atoms with E-state index in [-0.39, 0.29) is 6.10 Å². The Hall–Kier alpha value is -2.73. The molecule has 0 bridgehead atoms. The SMILES string of the molecule is c1cc(CN2CC(Oc3ccc(-c4noc(C5CC5)n4)cc3)C2)ccn1. The molecular formula is C20H20N4O2. The van der Waals surface area contributed by atoms with Crippen molar-refractivity contribution in [2.45, 2.75) is 31.4 Å². The van der Waals surface area contributed by atoms with Crippen molar-refractivity contribution in [2.24, 2.45) is 0 Å². The minimum Gasteiger partial charge on any atom is -0.488 e. The molecule has 1 aliphatic carbocycles. The summed E-state index contributed by atoms with van der Waals surface area (Å²) < 4.78 is 11.4. The fourth-order valence-electron chi connectivity index (χ4n) is 3.20. The molecule has 0 N–H and O–H groups in total. The number of hydrogen-bond donors (Lipinski definition) is 0. The Morgan fingerprint density at radius 1 is 1.04 bits per heavy atom. The van der Waals surface area contributed by atoms with Crippen molar-refractivity contribution in [2.75, 3.05) is 13.1 Å². The number of likely N-dealkylation sites (tertiary alicyclic amines) is 1. The van der Waals surface area contributed by atoms with Crippen LogP contribution in [0, 0.1) is 0 Å². The molecule has 1 aromatic carbocycles. The lowest BCUT2D eigenvalue weighted by Gasteiger charge is -2.39. The molecule has 3 aromatic rings. The second kappa shape index (κ2) is 6.53. The van der Waals surface area contributed by atoms with Gasteiger partial charge in [0.05, 0.1) is 0 Å². The number of pyridine rings is 1. The fourth-order valence-corrected chi connectivity index (χ4v) is 3.20. The maximum atomic E-state index is 6.04. The Labute approximate surface area is 151 Å². The second-order valence-electron chi connectivity index (χ2n) is 7.04. The summed E-state index contributed by atoms with van der Waals surface area (Å²) in [6, 6.07) is 12.1. The van der Waals surface area contributed by atoms with E-state index in [1.807, 2.05) is 36.7 Å². The zero-order valence-electron chi connectivity index (χ0n) is 14.4. The largest absolute Gasteiger partial charge is 0.488 e. The summed E-state index contributed by atoms with van der Waals surface area (Å²) in [5.74, 6) is 2.79. The minimum atomic E-state index is 0.245. The lowest BCUT2D eigenvalue weighted by atomic mass is 10.1. The minimum absolute atomic E-state index is 0.245. The third-order valence-corrected chi connectivity index (χ3v) is 4.86. The van der Waals surface area contributed by atoms with Crippen molar-refractivity contribution in [1.29, 1.82) is 0 Å². The molecule has 0 amide bonds. The first kappa shape index (κ1) is 15.5. The van der Waals surface area contributed by atoms with Gasteiger partial charge < -0.3 is 9.26 Å². The van der Waals surface area contributed by atoms with Crippen LogP contribution in [0.15, 0.2) is 53.3 Å². The average molecular weight is 348 g/mol. The smallest absolute Gasteiger partial charge is 0.230 e. The second-order valence-corrected chi connectivity index (χ2v) is 7.04. The molecule has 132 valence electrons. The normalized spacial score (nSPS) is 17.8. The van der Waals surface area contributed by atoms with Gasteiger partial charge in [-0.2, -0.15) is 4.98 Å². The highest BCUT2D eigenvalue weighted by Crippen LogP contribution is 2.39. The molecule has 1 saturated heterocycles. The maximum Gasteiger partial charge on any atom is 0.230 e. The third-order valence-electron chi connectivity index (χ3n) is 4.86. The quantitative estimate of drug-likeness (QED) is 0.681. The van der Waals surface area contributed by atoms with Crippen LogP contribution in [-0.4, -0.2) is 39.2 Å². The van der Waals surface area contributed by atoms with E-state index in [2.05, 4.69) is 32.2 Å². The first-order valence-electron chi connectivity index (χ1n) is 9.05. The standard InChI is InChI=1S/C20H20N4O2/c1-2-16(1)20-22-19(23-26-20)15-3-5-17(6-4-15)25-18-12-24(13-18)11-14-7-9-21-10-8-14/h3-10,16,18H,1-2,11-13H2. The Morgan fingerprint density at radius 2 is 1.81 bits per heavy atom. The van der Waals surface area contributed by atoms with Gasteiger partial charge in [0.1, 0.15) is 11.9 Å². The summed E-state index contributed by atoms with van der Waals surface area (Å²) in [5, 5.41) is 4.08. The molecule has 1 saturated carbocycles. The highest BCUT2D eigenvalue weighted by Gasteiger charge is 2.30. The van der Waals surface area contributed by atoms with E-state index in [0.29, 0.717) is 11.7 Å². The number of nitrogens with zero attached hydrogens (tertiary/aromatic N) is 4. The van der Waals surface area contributed by atoms with Crippen molar-refractivity contribution in [3.05, 3.63) is 60.2 Å². The van der Waals surface area contributed by atoms with Crippen LogP contribution in [0.1, 0.15) is 30.2 Å². The molecule has 2 aromatic heterocycles. The zero-order chi connectivity index (χ0) is 17.3. The van der Waals surface area contributed by atoms with Gasteiger partial charge in [0.15, 0.2) is 0 Å². The summed E-state index contributed by atoms with van der Waals surface area (Å²) >= 11 is 0. The van der Waals surface area contributed by atoms with Crippen LogP contribution in [0.25, 0.3) is 11.4 Å². The molecule has 5 rings (SSSR count). The lowest BCUT2D eigenvalue weighted by molar-refractivity contribution is 0.0146. The molecule has 2 fully saturated rings. The highest BCUT2D eigenvalue weighted by atomic mass is 16.5. The van der Waals surface area contributed by atoms with Gasteiger partial charge in [-0.15, -0.1) is 0 Å². The van der Waals surface area contributed by atoms with Crippen LogP contribution in [0.5, 0.6) is 5.75 Å². The number of ether oxygens (including phenoxy) is 1. The van der Waals surface area contributed by atoms with Crippen LogP contribution in [-0.2, 0) is 6.54 Å². The van der Waals surface area contributed by atoms with Gasteiger partial charge in [-0.1, -0.05) is 5.16 Å². The van der Waals surface area contributed by atoms with Crippen LogP contribution >= 0.6 is 0 Å².